The first-order valence-electron chi connectivity index (χ1n) is 2.82. The molecule has 1 aromatic rings. The van der Waals surface area contributed by atoms with Gasteiger partial charge in [0, 0.05) is 18.2 Å². The van der Waals surface area contributed by atoms with E-state index in [2.05, 4.69) is 15.1 Å². The van der Waals surface area contributed by atoms with E-state index in [0.717, 1.165) is 5.69 Å². The average molecular weight is 137 g/mol. The molecule has 0 spiro atoms. The van der Waals surface area contributed by atoms with Crippen molar-refractivity contribution < 1.29 is 0 Å². The zero-order valence-corrected chi connectivity index (χ0v) is 5.60. The van der Waals surface area contributed by atoms with E-state index in [1.54, 1.807) is 4.68 Å². The molecule has 0 bridgehead atoms. The van der Waals surface area contributed by atoms with Crippen molar-refractivity contribution in [2.45, 2.75) is 6.54 Å². The van der Waals surface area contributed by atoms with Gasteiger partial charge in [-0.2, -0.15) is 5.10 Å². The highest BCUT2D eigenvalue weighted by Crippen LogP contribution is 1.95. The van der Waals surface area contributed by atoms with Crippen LogP contribution in [0.3, 0.4) is 0 Å². The molecule has 1 rings (SSSR count). The Morgan fingerprint density at radius 3 is 3.20 bits per heavy atom. The molecular weight excluding hydrogens is 130 g/mol. The lowest BCUT2D eigenvalue weighted by atomic mass is 10.4. The highest BCUT2D eigenvalue weighted by Gasteiger charge is 1.91. The summed E-state index contributed by atoms with van der Waals surface area (Å²) in [6, 6.07) is 1.81. The summed E-state index contributed by atoms with van der Waals surface area (Å²) in [7, 11) is 1.82. The van der Waals surface area contributed by atoms with Gasteiger partial charge in [0.05, 0.1) is 12.2 Å². The molecule has 0 unspecified atom stereocenters. The molecule has 10 heavy (non-hydrogen) atoms. The fourth-order valence-electron chi connectivity index (χ4n) is 0.652. The fraction of sp³-hybridized carbons (Fsp3) is 0.400. The first-order chi connectivity index (χ1) is 4.83. The number of azide groups is 1. The van der Waals surface area contributed by atoms with Gasteiger partial charge in [-0.05, 0) is 11.6 Å². The molecule has 0 saturated heterocycles. The Morgan fingerprint density at radius 1 is 1.90 bits per heavy atom. The van der Waals surface area contributed by atoms with Crippen molar-refractivity contribution in [2.75, 3.05) is 0 Å². The van der Waals surface area contributed by atoms with Crippen molar-refractivity contribution in [1.82, 2.24) is 9.78 Å². The normalized spacial score (nSPS) is 8.90. The lowest BCUT2D eigenvalue weighted by molar-refractivity contribution is 0.742. The molecule has 0 amide bonds. The molecule has 0 saturated carbocycles. The topological polar surface area (TPSA) is 66.6 Å². The first-order valence-corrected chi connectivity index (χ1v) is 2.82. The quantitative estimate of drug-likeness (QED) is 0.343. The van der Waals surface area contributed by atoms with E-state index >= 15 is 0 Å². The van der Waals surface area contributed by atoms with Crippen LogP contribution < -0.4 is 0 Å². The van der Waals surface area contributed by atoms with Crippen molar-refractivity contribution in [3.05, 3.63) is 28.4 Å². The van der Waals surface area contributed by atoms with Crippen LogP contribution in [-0.2, 0) is 13.6 Å². The van der Waals surface area contributed by atoms with E-state index in [0.29, 0.717) is 6.54 Å². The van der Waals surface area contributed by atoms with Crippen molar-refractivity contribution in [3.63, 3.8) is 0 Å². The second kappa shape index (κ2) is 2.89. The molecule has 0 aliphatic carbocycles. The molecule has 5 nitrogen and oxygen atoms in total. The number of hydrogen-bond donors (Lipinski definition) is 0. The van der Waals surface area contributed by atoms with Crippen LogP contribution in [-0.4, -0.2) is 9.78 Å². The Hall–Kier alpha value is -1.48. The van der Waals surface area contributed by atoms with Gasteiger partial charge in [0.1, 0.15) is 0 Å². The zero-order valence-electron chi connectivity index (χ0n) is 5.60. The third-order valence-electron chi connectivity index (χ3n) is 1.06. The summed E-state index contributed by atoms with van der Waals surface area (Å²) in [5.41, 5.74) is 8.75. The molecule has 1 heterocycles. The number of aryl methyl sites for hydroxylation is 1. The molecule has 0 N–H and O–H groups in total. The van der Waals surface area contributed by atoms with Gasteiger partial charge >= 0.3 is 0 Å². The summed E-state index contributed by atoms with van der Waals surface area (Å²) in [6.07, 6.45) is 1.81. The van der Waals surface area contributed by atoms with Crippen molar-refractivity contribution in [3.8, 4) is 0 Å². The summed E-state index contributed by atoms with van der Waals surface area (Å²) >= 11 is 0. The molecule has 0 aliphatic rings. The molecule has 52 valence electrons. The third-order valence-corrected chi connectivity index (χ3v) is 1.06. The van der Waals surface area contributed by atoms with Gasteiger partial charge in [-0.3, -0.25) is 4.68 Å². The Kier molecular flexibility index (Phi) is 1.92. The Bertz CT molecular complexity index is 257. The van der Waals surface area contributed by atoms with Crippen LogP contribution in [0.2, 0.25) is 0 Å². The lowest BCUT2D eigenvalue weighted by Crippen LogP contribution is -1.88. The van der Waals surface area contributed by atoms with Crippen LogP contribution in [0.25, 0.3) is 10.4 Å². The van der Waals surface area contributed by atoms with Gasteiger partial charge in [0.15, 0.2) is 0 Å². The predicted octanol–water partition coefficient (Wildman–Crippen LogP) is 1.23. The standard InChI is InChI=1S/C5H7N5/c1-10-3-2-5(8-10)4-7-9-6/h2-3H,4H2,1H3. The smallest absolute Gasteiger partial charge is 0.0702 e. The van der Waals surface area contributed by atoms with Gasteiger partial charge in [-0.1, -0.05) is 5.11 Å². The third kappa shape index (κ3) is 1.50. The van der Waals surface area contributed by atoms with Gasteiger partial charge in [0.2, 0.25) is 0 Å². The largest absolute Gasteiger partial charge is 0.276 e. The Labute approximate surface area is 57.9 Å². The highest BCUT2D eigenvalue weighted by molar-refractivity contribution is 4.97. The first kappa shape index (κ1) is 6.64. The van der Waals surface area contributed by atoms with Crippen LogP contribution in [0.5, 0.6) is 0 Å². The zero-order chi connectivity index (χ0) is 7.40. The van der Waals surface area contributed by atoms with E-state index < -0.39 is 0 Å². The monoisotopic (exact) mass is 137 g/mol. The summed E-state index contributed by atoms with van der Waals surface area (Å²) in [4.78, 5) is 2.62. The minimum atomic E-state index is 0.331. The summed E-state index contributed by atoms with van der Waals surface area (Å²) in [5, 5.41) is 7.36. The minimum absolute atomic E-state index is 0.331. The van der Waals surface area contributed by atoms with E-state index in [9.17, 15) is 0 Å². The molecule has 0 radical (unpaired) electrons. The second-order valence-corrected chi connectivity index (χ2v) is 1.87. The second-order valence-electron chi connectivity index (χ2n) is 1.87. The molecule has 0 atom stereocenters. The number of nitrogens with zero attached hydrogens (tertiary/aromatic N) is 5. The summed E-state index contributed by atoms with van der Waals surface area (Å²) < 4.78 is 1.67. The number of hydrogen-bond acceptors (Lipinski definition) is 2. The molecule has 5 heteroatoms. The van der Waals surface area contributed by atoms with E-state index in [4.69, 9.17) is 5.53 Å². The molecule has 0 fully saturated rings. The molecule has 0 aromatic carbocycles. The van der Waals surface area contributed by atoms with Crippen LogP contribution in [0.15, 0.2) is 17.4 Å². The van der Waals surface area contributed by atoms with Gasteiger partial charge in [0.25, 0.3) is 0 Å². The van der Waals surface area contributed by atoms with Crippen LogP contribution in [0.1, 0.15) is 5.69 Å². The maximum Gasteiger partial charge on any atom is 0.0702 e. The Morgan fingerprint density at radius 2 is 2.70 bits per heavy atom. The van der Waals surface area contributed by atoms with Crippen LogP contribution in [0.4, 0.5) is 0 Å². The maximum atomic E-state index is 7.96. The van der Waals surface area contributed by atoms with Crippen LogP contribution in [0, 0.1) is 0 Å². The van der Waals surface area contributed by atoms with Gasteiger partial charge in [-0.15, -0.1) is 0 Å². The molecular formula is C5H7N5. The van der Waals surface area contributed by atoms with Gasteiger partial charge in [-0.25, -0.2) is 0 Å². The minimum Gasteiger partial charge on any atom is -0.276 e. The van der Waals surface area contributed by atoms with Gasteiger partial charge < -0.3 is 0 Å². The van der Waals surface area contributed by atoms with Crippen molar-refractivity contribution in [1.29, 1.82) is 0 Å². The SMILES string of the molecule is Cn1ccc(CN=[N+]=[N-])n1. The van der Waals surface area contributed by atoms with E-state index in [-0.39, 0.29) is 0 Å². The summed E-state index contributed by atoms with van der Waals surface area (Å²) in [6.45, 7) is 0.331. The van der Waals surface area contributed by atoms with Crippen LogP contribution >= 0.6 is 0 Å². The Balaban J connectivity index is 2.66. The van der Waals surface area contributed by atoms with Crippen molar-refractivity contribution >= 4 is 0 Å². The van der Waals surface area contributed by atoms with Crippen molar-refractivity contribution in [2.24, 2.45) is 12.2 Å². The average Bonchev–Trinajstić information content (AvgIpc) is 2.31. The highest BCUT2D eigenvalue weighted by atomic mass is 15.3. The van der Waals surface area contributed by atoms with E-state index in [1.807, 2.05) is 19.3 Å². The number of aromatic nitrogens is 2. The lowest BCUT2D eigenvalue weighted by Gasteiger charge is -1.84. The molecule has 1 aromatic heterocycles. The number of rotatable bonds is 2. The maximum absolute atomic E-state index is 7.96. The predicted molar refractivity (Wildman–Crippen MR) is 36.1 cm³/mol. The van der Waals surface area contributed by atoms with E-state index in [1.165, 1.54) is 0 Å². The summed E-state index contributed by atoms with van der Waals surface area (Å²) in [5.74, 6) is 0. The molecule has 0 aliphatic heterocycles. The fourth-order valence-corrected chi connectivity index (χ4v) is 0.652.